The fourth-order valence-electron chi connectivity index (χ4n) is 3.85. The van der Waals surface area contributed by atoms with Gasteiger partial charge in [-0.05, 0) is 25.7 Å². The van der Waals surface area contributed by atoms with E-state index in [0.29, 0.717) is 5.65 Å². The molecule has 1 unspecified atom stereocenters. The van der Waals surface area contributed by atoms with Crippen molar-refractivity contribution in [3.8, 4) is 5.88 Å². The maximum Gasteiger partial charge on any atom is 0.340 e. The summed E-state index contributed by atoms with van der Waals surface area (Å²) in [7, 11) is -9.44. The fourth-order valence-corrected chi connectivity index (χ4v) is 6.42. The van der Waals surface area contributed by atoms with Gasteiger partial charge >= 0.3 is 15.2 Å². The monoisotopic (exact) mass is 494 g/mol. The van der Waals surface area contributed by atoms with Crippen LogP contribution >= 0.6 is 15.2 Å². The predicted octanol–water partition coefficient (Wildman–Crippen LogP) is -0.0554. The second-order valence-corrected chi connectivity index (χ2v) is 11.8. The number of ether oxygens (including phenoxy) is 2. The zero-order chi connectivity index (χ0) is 23.1. The third-order valence-corrected chi connectivity index (χ3v) is 8.79. The molecule has 0 amide bonds. The standard InChI is InChI=1S/C16H24N4O10P2/c21-12-11(6-28-32(26,27)8-31(23,24)25)30-14(13(12)22)10-5-17-15-16(18-7-19-20(10)15)29-9-3-1-2-4-9/h5,7,9,11-14,21-22H,1-4,6,8H2,(H,26,27)(H2,23,24,25)/t11-,12-,13-,14+/m1/s1. The van der Waals surface area contributed by atoms with Crippen LogP contribution < -0.4 is 4.74 Å². The van der Waals surface area contributed by atoms with E-state index in [1.807, 2.05) is 0 Å². The van der Waals surface area contributed by atoms with E-state index in [9.17, 15) is 24.2 Å². The summed E-state index contributed by atoms with van der Waals surface area (Å²) in [5.41, 5.74) is 0.594. The van der Waals surface area contributed by atoms with Gasteiger partial charge in [0, 0.05) is 0 Å². The molecule has 0 spiro atoms. The van der Waals surface area contributed by atoms with Crippen LogP contribution in [0.4, 0.5) is 0 Å². The maximum atomic E-state index is 11.8. The van der Waals surface area contributed by atoms with Gasteiger partial charge in [0.25, 0.3) is 5.88 Å². The summed E-state index contributed by atoms with van der Waals surface area (Å²) in [4.78, 5) is 35.7. The van der Waals surface area contributed by atoms with E-state index in [4.69, 9.17) is 23.8 Å². The topological polar surface area (TPSA) is 206 Å². The van der Waals surface area contributed by atoms with Gasteiger partial charge in [-0.25, -0.2) is 9.50 Å². The lowest BCUT2D eigenvalue weighted by Gasteiger charge is -2.18. The van der Waals surface area contributed by atoms with Gasteiger partial charge in [-0.3, -0.25) is 9.13 Å². The highest BCUT2D eigenvalue weighted by Crippen LogP contribution is 2.55. The van der Waals surface area contributed by atoms with Crippen molar-refractivity contribution >= 4 is 20.8 Å². The van der Waals surface area contributed by atoms with Gasteiger partial charge in [0.2, 0.25) is 5.65 Å². The number of hydrogen-bond donors (Lipinski definition) is 5. The molecule has 3 heterocycles. The summed E-state index contributed by atoms with van der Waals surface area (Å²) in [6.07, 6.45) is 1.37. The predicted molar refractivity (Wildman–Crippen MR) is 106 cm³/mol. The van der Waals surface area contributed by atoms with Crippen LogP contribution in [0.1, 0.15) is 37.5 Å². The fraction of sp³-hybridized carbons (Fsp3) is 0.688. The van der Waals surface area contributed by atoms with Gasteiger partial charge in [0.15, 0.2) is 5.90 Å². The van der Waals surface area contributed by atoms with Crippen LogP contribution in [-0.2, 0) is 18.4 Å². The molecule has 4 rings (SSSR count). The minimum atomic E-state index is -4.80. The molecule has 0 aromatic carbocycles. The number of hydrogen-bond acceptors (Lipinski definition) is 10. The minimum Gasteiger partial charge on any atom is -0.472 e. The van der Waals surface area contributed by atoms with E-state index in [1.165, 1.54) is 17.0 Å². The Morgan fingerprint density at radius 3 is 2.53 bits per heavy atom. The SMILES string of the molecule is O=P(O)(O)CP(=O)(O)OC[C@H]1O[C@@H](c2cnc3c(OC4CCCC4)ncnn23)[C@H](O)[C@@H]1O. The van der Waals surface area contributed by atoms with E-state index in [2.05, 4.69) is 15.1 Å². The minimum absolute atomic E-state index is 0.0350. The van der Waals surface area contributed by atoms with Gasteiger partial charge in [-0.2, -0.15) is 10.1 Å². The molecule has 2 aromatic heterocycles. The van der Waals surface area contributed by atoms with E-state index in [-0.39, 0.29) is 17.7 Å². The van der Waals surface area contributed by atoms with Crippen molar-refractivity contribution in [2.75, 3.05) is 12.5 Å². The second-order valence-electron chi connectivity index (χ2n) is 7.82. The summed E-state index contributed by atoms with van der Waals surface area (Å²) >= 11 is 0. The van der Waals surface area contributed by atoms with Crippen LogP contribution in [0.5, 0.6) is 5.88 Å². The van der Waals surface area contributed by atoms with Crippen molar-refractivity contribution in [2.45, 2.75) is 56.2 Å². The maximum absolute atomic E-state index is 11.8. The number of aromatic nitrogens is 4. The third kappa shape index (κ3) is 5.19. The normalized spacial score (nSPS) is 28.9. The molecule has 178 valence electrons. The molecule has 32 heavy (non-hydrogen) atoms. The zero-order valence-corrected chi connectivity index (χ0v) is 18.5. The highest BCUT2D eigenvalue weighted by Gasteiger charge is 2.46. The van der Waals surface area contributed by atoms with Crippen LogP contribution in [0.2, 0.25) is 0 Å². The quantitative estimate of drug-likeness (QED) is 0.305. The lowest BCUT2D eigenvalue weighted by atomic mass is 10.1. The summed E-state index contributed by atoms with van der Waals surface area (Å²) in [6, 6.07) is 0. The van der Waals surface area contributed by atoms with E-state index in [0.717, 1.165) is 25.7 Å². The van der Waals surface area contributed by atoms with Crippen LogP contribution in [0, 0.1) is 0 Å². The van der Waals surface area contributed by atoms with E-state index < -0.39 is 52.1 Å². The molecule has 1 saturated heterocycles. The molecule has 5 atom stereocenters. The molecule has 2 fully saturated rings. The van der Waals surface area contributed by atoms with Gasteiger partial charge in [-0.1, -0.05) is 0 Å². The van der Waals surface area contributed by atoms with Gasteiger partial charge < -0.3 is 38.9 Å². The van der Waals surface area contributed by atoms with Crippen molar-refractivity contribution in [2.24, 2.45) is 0 Å². The van der Waals surface area contributed by atoms with Gasteiger partial charge in [0.1, 0.15) is 36.8 Å². The average molecular weight is 494 g/mol. The first-order valence-corrected chi connectivity index (χ1v) is 13.5. The number of rotatable bonds is 8. The Morgan fingerprint density at radius 1 is 1.12 bits per heavy atom. The smallest absolute Gasteiger partial charge is 0.340 e. The van der Waals surface area contributed by atoms with Crippen molar-refractivity contribution in [3.05, 3.63) is 18.2 Å². The molecule has 14 nitrogen and oxygen atoms in total. The molecule has 5 N–H and O–H groups in total. The largest absolute Gasteiger partial charge is 0.472 e. The van der Waals surface area contributed by atoms with Gasteiger partial charge in [-0.15, -0.1) is 0 Å². The summed E-state index contributed by atoms with van der Waals surface area (Å²) < 4.78 is 40.4. The Hall–Kier alpha value is -1.47. The summed E-state index contributed by atoms with van der Waals surface area (Å²) in [5, 5.41) is 24.9. The molecule has 0 bridgehead atoms. The Labute approximate surface area is 181 Å². The van der Waals surface area contributed by atoms with Crippen LogP contribution in [0.25, 0.3) is 5.65 Å². The molecule has 16 heteroatoms. The van der Waals surface area contributed by atoms with Crippen molar-refractivity contribution in [1.82, 2.24) is 19.6 Å². The second kappa shape index (κ2) is 9.05. The first kappa shape index (κ1) is 23.7. The molecular weight excluding hydrogens is 470 g/mol. The van der Waals surface area contributed by atoms with Gasteiger partial charge in [0.05, 0.1) is 18.5 Å². The first-order chi connectivity index (χ1) is 15.0. The summed E-state index contributed by atoms with van der Waals surface area (Å²) in [6.45, 7) is -0.676. The highest BCUT2D eigenvalue weighted by atomic mass is 31.2. The molecule has 1 aliphatic carbocycles. The Balaban J connectivity index is 1.49. The number of aliphatic hydroxyl groups is 2. The Kier molecular flexibility index (Phi) is 6.70. The van der Waals surface area contributed by atoms with E-state index in [1.54, 1.807) is 0 Å². The lowest BCUT2D eigenvalue weighted by molar-refractivity contribution is -0.0204. The van der Waals surface area contributed by atoms with Crippen molar-refractivity contribution in [1.29, 1.82) is 0 Å². The Morgan fingerprint density at radius 2 is 1.84 bits per heavy atom. The molecule has 2 aromatic rings. The first-order valence-electron chi connectivity index (χ1n) is 9.92. The van der Waals surface area contributed by atoms with Crippen molar-refractivity contribution in [3.63, 3.8) is 0 Å². The number of fused-ring (bicyclic) bond motifs is 1. The molecule has 2 aliphatic rings. The molecule has 1 saturated carbocycles. The Bertz CT molecular complexity index is 1050. The molecular formula is C16H24N4O10P2. The number of imidazole rings is 1. The third-order valence-electron chi connectivity index (χ3n) is 5.34. The average Bonchev–Trinajstić information content (AvgIpc) is 3.41. The molecule has 0 radical (unpaired) electrons. The highest BCUT2D eigenvalue weighted by molar-refractivity contribution is 7.70. The lowest BCUT2D eigenvalue weighted by Crippen LogP contribution is -2.33. The summed E-state index contributed by atoms with van der Waals surface area (Å²) in [5.74, 6) is -1.09. The van der Waals surface area contributed by atoms with Crippen LogP contribution in [-0.4, -0.2) is 81.4 Å². The van der Waals surface area contributed by atoms with Crippen molar-refractivity contribution < 1.29 is 48.0 Å². The molecule has 1 aliphatic heterocycles. The van der Waals surface area contributed by atoms with E-state index >= 15 is 0 Å². The number of aliphatic hydroxyl groups excluding tert-OH is 2. The zero-order valence-electron chi connectivity index (χ0n) is 16.7. The van der Waals surface area contributed by atoms with Crippen LogP contribution in [0.15, 0.2) is 12.5 Å². The number of nitrogens with zero attached hydrogens (tertiary/aromatic N) is 4. The van der Waals surface area contributed by atoms with Crippen LogP contribution in [0.3, 0.4) is 0 Å².